The van der Waals surface area contributed by atoms with Crippen LogP contribution in [0.1, 0.15) is 39.0 Å². The maximum Gasteiger partial charge on any atom is 0.339 e. The number of aliphatic hydroxyl groups excluding tert-OH is 1. The van der Waals surface area contributed by atoms with Gasteiger partial charge in [0.15, 0.2) is 0 Å². The van der Waals surface area contributed by atoms with Crippen molar-refractivity contribution in [1.82, 2.24) is 0 Å². The van der Waals surface area contributed by atoms with Crippen molar-refractivity contribution in [2.45, 2.75) is 39.0 Å². The van der Waals surface area contributed by atoms with Gasteiger partial charge in [0.1, 0.15) is 6.61 Å². The molecule has 2 unspecified atom stereocenters. The van der Waals surface area contributed by atoms with E-state index in [0.717, 1.165) is 25.7 Å². The number of aliphatic hydroxyl groups is 1. The van der Waals surface area contributed by atoms with Gasteiger partial charge in [-0.15, -0.1) is 6.58 Å². The van der Waals surface area contributed by atoms with E-state index in [4.69, 9.17) is 4.89 Å². The minimum Gasteiger partial charge on any atom is -0.396 e. The predicted molar refractivity (Wildman–Crippen MR) is 64.0 cm³/mol. The van der Waals surface area contributed by atoms with Gasteiger partial charge in [0.2, 0.25) is 0 Å². The molecule has 0 heterocycles. The van der Waals surface area contributed by atoms with E-state index in [1.54, 1.807) is 0 Å². The molecule has 0 amide bonds. The molecule has 1 saturated carbocycles. The lowest BCUT2D eigenvalue weighted by atomic mass is 9.66. The van der Waals surface area contributed by atoms with Crippen molar-refractivity contribution < 1.29 is 19.7 Å². The Balaban J connectivity index is 2.60. The van der Waals surface area contributed by atoms with Gasteiger partial charge in [-0.05, 0) is 25.2 Å². The lowest BCUT2D eigenvalue weighted by molar-refractivity contribution is -0.292. The Morgan fingerprint density at radius 3 is 2.94 bits per heavy atom. The molecule has 1 aliphatic rings. The minimum atomic E-state index is -0.464. The first-order chi connectivity index (χ1) is 8.14. The molecule has 0 aromatic rings. The number of rotatable bonds is 6. The van der Waals surface area contributed by atoms with E-state index in [0.29, 0.717) is 5.92 Å². The Labute approximate surface area is 103 Å². The van der Waals surface area contributed by atoms with E-state index < -0.39 is 5.97 Å². The summed E-state index contributed by atoms with van der Waals surface area (Å²) in [4.78, 5) is 20.1. The number of carbonyl (C=O) groups excluding carboxylic acids is 1. The average molecular weight is 242 g/mol. The molecule has 2 atom stereocenters. The van der Waals surface area contributed by atoms with Gasteiger partial charge in [-0.25, -0.2) is 4.79 Å². The van der Waals surface area contributed by atoms with Crippen LogP contribution in [0.15, 0.2) is 12.7 Å². The van der Waals surface area contributed by atoms with Gasteiger partial charge in [0.05, 0.1) is 6.61 Å². The second-order valence-electron chi connectivity index (χ2n) is 4.82. The van der Waals surface area contributed by atoms with Crippen LogP contribution < -0.4 is 0 Å². The zero-order chi connectivity index (χ0) is 12.7. The number of hydrogen-bond acceptors (Lipinski definition) is 4. The molecule has 0 saturated heterocycles. The van der Waals surface area contributed by atoms with Crippen LogP contribution in [0.5, 0.6) is 0 Å². The molecule has 0 radical (unpaired) electrons. The van der Waals surface area contributed by atoms with Crippen LogP contribution in [0, 0.1) is 11.3 Å². The van der Waals surface area contributed by atoms with E-state index in [-0.39, 0.29) is 18.6 Å². The highest BCUT2D eigenvalue weighted by atomic mass is 17.2. The van der Waals surface area contributed by atoms with Crippen molar-refractivity contribution in [2.24, 2.45) is 11.3 Å². The van der Waals surface area contributed by atoms with Crippen LogP contribution in [-0.4, -0.2) is 24.3 Å². The topological polar surface area (TPSA) is 55.8 Å². The van der Waals surface area contributed by atoms with E-state index in [9.17, 15) is 9.90 Å². The van der Waals surface area contributed by atoms with Gasteiger partial charge in [0, 0.05) is 12.3 Å². The van der Waals surface area contributed by atoms with Crippen LogP contribution in [0.2, 0.25) is 0 Å². The van der Waals surface area contributed by atoms with Gasteiger partial charge >= 0.3 is 5.97 Å². The van der Waals surface area contributed by atoms with Crippen molar-refractivity contribution in [3.05, 3.63) is 12.7 Å². The molecule has 0 aromatic heterocycles. The van der Waals surface area contributed by atoms with Gasteiger partial charge in [-0.2, -0.15) is 4.89 Å². The van der Waals surface area contributed by atoms with Crippen molar-refractivity contribution in [1.29, 1.82) is 0 Å². The Morgan fingerprint density at radius 2 is 2.35 bits per heavy atom. The monoisotopic (exact) mass is 242 g/mol. The summed E-state index contributed by atoms with van der Waals surface area (Å²) in [6.07, 6.45) is 6.97. The quantitative estimate of drug-likeness (QED) is 0.441. The molecule has 1 rings (SSSR count). The molecule has 4 heteroatoms. The highest BCUT2D eigenvalue weighted by Crippen LogP contribution is 2.43. The third kappa shape index (κ3) is 3.82. The molecule has 1 fully saturated rings. The lowest BCUT2D eigenvalue weighted by Crippen LogP contribution is -2.41. The molecular formula is C13H22O4. The summed E-state index contributed by atoms with van der Waals surface area (Å²) in [5.41, 5.74) is -0.290. The van der Waals surface area contributed by atoms with Crippen LogP contribution >= 0.6 is 0 Å². The van der Waals surface area contributed by atoms with Crippen LogP contribution in [0.25, 0.3) is 0 Å². The Hall–Kier alpha value is -0.870. The fraction of sp³-hybridized carbons (Fsp3) is 0.769. The Bertz CT molecular complexity index is 264. The molecular weight excluding hydrogens is 220 g/mol. The molecule has 17 heavy (non-hydrogen) atoms. The molecule has 98 valence electrons. The minimum absolute atomic E-state index is 0.0623. The Morgan fingerprint density at radius 1 is 1.59 bits per heavy atom. The predicted octanol–water partition coefficient (Wildman–Crippen LogP) is 2.23. The van der Waals surface area contributed by atoms with Crippen LogP contribution in [0.3, 0.4) is 0 Å². The first kappa shape index (κ1) is 14.2. The fourth-order valence-corrected chi connectivity index (χ4v) is 2.62. The zero-order valence-corrected chi connectivity index (χ0v) is 10.5. The van der Waals surface area contributed by atoms with Crippen molar-refractivity contribution >= 4 is 5.97 Å². The van der Waals surface area contributed by atoms with Gasteiger partial charge in [0.25, 0.3) is 0 Å². The highest BCUT2D eigenvalue weighted by Gasteiger charge is 2.40. The smallest absolute Gasteiger partial charge is 0.339 e. The maximum absolute atomic E-state index is 10.7. The summed E-state index contributed by atoms with van der Waals surface area (Å²) in [7, 11) is 0. The second-order valence-corrected chi connectivity index (χ2v) is 4.82. The van der Waals surface area contributed by atoms with Gasteiger partial charge < -0.3 is 5.11 Å². The summed E-state index contributed by atoms with van der Waals surface area (Å²) in [6.45, 7) is 5.38. The van der Waals surface area contributed by atoms with Crippen molar-refractivity contribution in [3.8, 4) is 0 Å². The standard InChI is InChI=1S/C13H22O4/c1-3-6-12-7-4-5-8-13(12,9-14)10-16-17-11(2)15/h3,12,14H,1,4-10H2,2H3. The molecule has 0 aromatic carbocycles. The van der Waals surface area contributed by atoms with Crippen LogP contribution in [0.4, 0.5) is 0 Å². The summed E-state index contributed by atoms with van der Waals surface area (Å²) >= 11 is 0. The van der Waals surface area contributed by atoms with Crippen molar-refractivity contribution in [2.75, 3.05) is 13.2 Å². The van der Waals surface area contributed by atoms with E-state index in [1.165, 1.54) is 13.3 Å². The third-order valence-corrected chi connectivity index (χ3v) is 3.63. The largest absolute Gasteiger partial charge is 0.396 e. The normalized spacial score (nSPS) is 28.7. The SMILES string of the molecule is C=CCC1CCCCC1(CO)COOC(C)=O. The number of hydrogen-bond donors (Lipinski definition) is 1. The summed E-state index contributed by atoms with van der Waals surface area (Å²) in [6, 6.07) is 0. The zero-order valence-electron chi connectivity index (χ0n) is 10.5. The third-order valence-electron chi connectivity index (χ3n) is 3.63. The number of allylic oxidation sites excluding steroid dienone is 1. The van der Waals surface area contributed by atoms with Gasteiger partial charge in [-0.3, -0.25) is 4.89 Å². The van der Waals surface area contributed by atoms with E-state index in [1.807, 2.05) is 6.08 Å². The molecule has 0 bridgehead atoms. The first-order valence-corrected chi connectivity index (χ1v) is 6.16. The second kappa shape index (κ2) is 6.77. The molecule has 1 N–H and O–H groups in total. The average Bonchev–Trinajstić information content (AvgIpc) is 2.31. The van der Waals surface area contributed by atoms with Crippen molar-refractivity contribution in [3.63, 3.8) is 0 Å². The fourth-order valence-electron chi connectivity index (χ4n) is 2.62. The summed E-state index contributed by atoms with van der Waals surface area (Å²) in [5, 5.41) is 9.65. The molecule has 4 nitrogen and oxygen atoms in total. The highest BCUT2D eigenvalue weighted by molar-refractivity contribution is 5.65. The molecule has 1 aliphatic carbocycles. The molecule has 0 spiro atoms. The van der Waals surface area contributed by atoms with E-state index >= 15 is 0 Å². The summed E-state index contributed by atoms with van der Waals surface area (Å²) < 4.78 is 0. The van der Waals surface area contributed by atoms with E-state index in [2.05, 4.69) is 11.5 Å². The van der Waals surface area contributed by atoms with Gasteiger partial charge in [-0.1, -0.05) is 18.9 Å². The molecule has 0 aliphatic heterocycles. The summed E-state index contributed by atoms with van der Waals surface area (Å²) in [5.74, 6) is -0.108. The Kier molecular flexibility index (Phi) is 5.65. The first-order valence-electron chi connectivity index (χ1n) is 6.16. The maximum atomic E-state index is 10.7. The number of carbonyl (C=O) groups is 1. The lowest BCUT2D eigenvalue weighted by Gasteiger charge is -2.41. The van der Waals surface area contributed by atoms with Crippen LogP contribution in [-0.2, 0) is 14.6 Å².